The predicted octanol–water partition coefficient (Wildman–Crippen LogP) is 3.07. The Morgan fingerprint density at radius 2 is 1.79 bits per heavy atom. The minimum Gasteiger partial charge on any atom is -0.299 e. The van der Waals surface area contributed by atoms with Gasteiger partial charge in [-0.2, -0.15) is 0 Å². The molecule has 0 saturated heterocycles. The average molecular weight is 405 g/mol. The van der Waals surface area contributed by atoms with Gasteiger partial charge in [-0.05, 0) is 26.0 Å². The van der Waals surface area contributed by atoms with Crippen molar-refractivity contribution in [3.63, 3.8) is 0 Å². The smallest absolute Gasteiger partial charge is 0.279 e. The highest BCUT2D eigenvalue weighted by atomic mass is 79.9. The van der Waals surface area contributed by atoms with E-state index < -0.39 is 0 Å². The monoisotopic (exact) mass is 404 g/mol. The number of hydrogen-bond acceptors (Lipinski definition) is 6. The van der Waals surface area contributed by atoms with Crippen molar-refractivity contribution in [1.29, 1.82) is 0 Å². The predicted molar refractivity (Wildman–Crippen MR) is 96.6 cm³/mol. The standard InChI is InChI=1S/C16H13BrN4O2S/c1-8-9(2)19-14-13(18-8)15(23)21-16(20-14)24-7-12(22)10-3-5-11(17)6-4-10/h3-6H,7H2,1-2H3,(H,19,20,21,23). The first kappa shape index (κ1) is 16.8. The number of carbonyl (C=O) groups excluding carboxylic acids is 1. The van der Waals surface area contributed by atoms with Gasteiger partial charge in [0.05, 0.1) is 17.1 Å². The molecule has 0 saturated carbocycles. The second kappa shape index (κ2) is 6.82. The molecule has 2 heterocycles. The fourth-order valence-electron chi connectivity index (χ4n) is 2.02. The molecule has 0 aliphatic heterocycles. The summed E-state index contributed by atoms with van der Waals surface area (Å²) in [6, 6.07) is 7.13. The van der Waals surface area contributed by atoms with Crippen molar-refractivity contribution >= 4 is 44.6 Å². The molecule has 3 rings (SSSR count). The van der Waals surface area contributed by atoms with E-state index in [9.17, 15) is 9.59 Å². The Bertz CT molecular complexity index is 986. The second-order valence-corrected chi connectivity index (χ2v) is 7.04. The van der Waals surface area contributed by atoms with Crippen molar-refractivity contribution in [2.75, 3.05) is 5.75 Å². The van der Waals surface area contributed by atoms with Crippen molar-refractivity contribution in [1.82, 2.24) is 19.9 Å². The summed E-state index contributed by atoms with van der Waals surface area (Å²) < 4.78 is 0.913. The third-order valence-corrected chi connectivity index (χ3v) is 4.84. The molecular formula is C16H13BrN4O2S. The van der Waals surface area contributed by atoms with Gasteiger partial charge in [-0.25, -0.2) is 15.0 Å². The van der Waals surface area contributed by atoms with E-state index in [1.165, 1.54) is 11.8 Å². The summed E-state index contributed by atoms with van der Waals surface area (Å²) in [5.74, 6) is 0.135. The van der Waals surface area contributed by atoms with E-state index in [1.54, 1.807) is 19.1 Å². The van der Waals surface area contributed by atoms with E-state index in [1.807, 2.05) is 19.1 Å². The number of halogens is 1. The number of fused-ring (bicyclic) bond motifs is 1. The molecule has 0 aliphatic rings. The van der Waals surface area contributed by atoms with E-state index in [0.29, 0.717) is 22.1 Å². The van der Waals surface area contributed by atoms with Crippen molar-refractivity contribution < 1.29 is 4.79 Å². The van der Waals surface area contributed by atoms with Crippen molar-refractivity contribution in [3.05, 3.63) is 56.0 Å². The van der Waals surface area contributed by atoms with Gasteiger partial charge in [-0.3, -0.25) is 14.6 Å². The lowest BCUT2D eigenvalue weighted by Gasteiger charge is -2.04. The van der Waals surface area contributed by atoms with Gasteiger partial charge in [-0.15, -0.1) is 0 Å². The Kier molecular flexibility index (Phi) is 4.77. The number of hydrogen-bond donors (Lipinski definition) is 1. The molecule has 0 aliphatic carbocycles. The topological polar surface area (TPSA) is 88.6 Å². The lowest BCUT2D eigenvalue weighted by atomic mass is 10.2. The lowest BCUT2D eigenvalue weighted by Crippen LogP contribution is -2.14. The number of carbonyl (C=O) groups is 1. The van der Waals surface area contributed by atoms with Crippen LogP contribution in [-0.4, -0.2) is 31.5 Å². The minimum absolute atomic E-state index is 0.0404. The molecule has 0 unspecified atom stereocenters. The van der Waals surface area contributed by atoms with Crippen LogP contribution in [0.4, 0.5) is 0 Å². The third-order valence-electron chi connectivity index (χ3n) is 3.44. The number of aromatic amines is 1. The van der Waals surface area contributed by atoms with Gasteiger partial charge in [0.2, 0.25) is 0 Å². The van der Waals surface area contributed by atoms with Gasteiger partial charge in [0.15, 0.2) is 22.1 Å². The first-order valence-electron chi connectivity index (χ1n) is 7.11. The second-order valence-electron chi connectivity index (χ2n) is 5.16. The summed E-state index contributed by atoms with van der Waals surface area (Å²) in [6.45, 7) is 3.61. The molecule has 0 bridgehead atoms. The SMILES string of the molecule is Cc1nc2nc(SCC(=O)c3ccc(Br)cc3)[nH]c(=O)c2nc1C. The van der Waals surface area contributed by atoms with E-state index in [0.717, 1.165) is 10.2 Å². The Morgan fingerprint density at radius 3 is 2.50 bits per heavy atom. The minimum atomic E-state index is -0.353. The zero-order valence-electron chi connectivity index (χ0n) is 13.0. The molecule has 0 atom stereocenters. The van der Waals surface area contributed by atoms with E-state index in [-0.39, 0.29) is 22.6 Å². The van der Waals surface area contributed by atoms with Crippen LogP contribution >= 0.6 is 27.7 Å². The van der Waals surface area contributed by atoms with Crippen molar-refractivity contribution in [2.45, 2.75) is 19.0 Å². The number of aromatic nitrogens is 4. The number of nitrogens with one attached hydrogen (secondary N) is 1. The quantitative estimate of drug-likeness (QED) is 0.408. The number of H-pyrrole nitrogens is 1. The average Bonchev–Trinajstić information content (AvgIpc) is 2.55. The van der Waals surface area contributed by atoms with Crippen LogP contribution in [0.25, 0.3) is 11.2 Å². The number of ketones is 1. The summed E-state index contributed by atoms with van der Waals surface area (Å²) in [5.41, 5.74) is 2.18. The lowest BCUT2D eigenvalue weighted by molar-refractivity contribution is 0.102. The zero-order valence-corrected chi connectivity index (χ0v) is 15.4. The zero-order chi connectivity index (χ0) is 17.3. The number of Topliss-reactive ketones (excluding diaryl/α,β-unsaturated/α-hetero) is 1. The first-order valence-corrected chi connectivity index (χ1v) is 8.89. The van der Waals surface area contributed by atoms with Crippen LogP contribution in [0.3, 0.4) is 0 Å². The first-order chi connectivity index (χ1) is 11.4. The van der Waals surface area contributed by atoms with Gasteiger partial charge in [-0.1, -0.05) is 39.8 Å². The molecule has 24 heavy (non-hydrogen) atoms. The third kappa shape index (κ3) is 3.54. The summed E-state index contributed by atoms with van der Waals surface area (Å²) in [6.07, 6.45) is 0. The van der Waals surface area contributed by atoms with Gasteiger partial charge >= 0.3 is 0 Å². The summed E-state index contributed by atoms with van der Waals surface area (Å²) in [4.78, 5) is 39.8. The Balaban J connectivity index is 1.82. The maximum atomic E-state index is 12.2. The van der Waals surface area contributed by atoms with Gasteiger partial charge in [0, 0.05) is 10.0 Å². The molecule has 3 aromatic rings. The number of rotatable bonds is 4. The number of thioether (sulfide) groups is 1. The Hall–Kier alpha value is -2.06. The van der Waals surface area contributed by atoms with Gasteiger partial charge in [0.25, 0.3) is 5.56 Å². The van der Waals surface area contributed by atoms with Crippen LogP contribution in [0, 0.1) is 13.8 Å². The van der Waals surface area contributed by atoms with Gasteiger partial charge < -0.3 is 0 Å². The van der Waals surface area contributed by atoms with Crippen LogP contribution in [0.5, 0.6) is 0 Å². The highest BCUT2D eigenvalue weighted by molar-refractivity contribution is 9.10. The fraction of sp³-hybridized carbons (Fsp3) is 0.188. The summed E-state index contributed by atoms with van der Waals surface area (Å²) in [5, 5.41) is 0.357. The highest BCUT2D eigenvalue weighted by Gasteiger charge is 2.12. The van der Waals surface area contributed by atoms with Crippen LogP contribution in [0.2, 0.25) is 0 Å². The molecular weight excluding hydrogens is 392 g/mol. The van der Waals surface area contributed by atoms with Crippen molar-refractivity contribution in [2.24, 2.45) is 0 Å². The molecule has 6 nitrogen and oxygen atoms in total. The van der Waals surface area contributed by atoms with Crippen molar-refractivity contribution in [3.8, 4) is 0 Å². The maximum Gasteiger partial charge on any atom is 0.279 e. The molecule has 2 aromatic heterocycles. The number of nitrogens with zero attached hydrogens (tertiary/aromatic N) is 3. The Morgan fingerprint density at radius 1 is 1.12 bits per heavy atom. The van der Waals surface area contributed by atoms with Crippen LogP contribution in [0.1, 0.15) is 21.7 Å². The van der Waals surface area contributed by atoms with E-state index >= 15 is 0 Å². The molecule has 1 N–H and O–H groups in total. The molecule has 0 amide bonds. The van der Waals surface area contributed by atoms with Crippen LogP contribution in [-0.2, 0) is 0 Å². The Labute approximate surface area is 150 Å². The summed E-state index contributed by atoms with van der Waals surface area (Å²) >= 11 is 4.50. The molecule has 0 spiro atoms. The van der Waals surface area contributed by atoms with E-state index in [2.05, 4.69) is 35.9 Å². The van der Waals surface area contributed by atoms with Crippen LogP contribution in [0.15, 0.2) is 38.7 Å². The van der Waals surface area contributed by atoms with Crippen LogP contribution < -0.4 is 5.56 Å². The molecule has 0 radical (unpaired) electrons. The van der Waals surface area contributed by atoms with E-state index in [4.69, 9.17) is 0 Å². The molecule has 0 fully saturated rings. The fourth-order valence-corrected chi connectivity index (χ4v) is 3.04. The normalized spacial score (nSPS) is 11.0. The number of benzene rings is 1. The highest BCUT2D eigenvalue weighted by Crippen LogP contribution is 2.17. The largest absolute Gasteiger partial charge is 0.299 e. The summed E-state index contributed by atoms with van der Waals surface area (Å²) in [7, 11) is 0. The molecule has 1 aromatic carbocycles. The maximum absolute atomic E-state index is 12.2. The molecule has 8 heteroatoms. The number of aryl methyl sites for hydroxylation is 2. The molecule has 122 valence electrons. The van der Waals surface area contributed by atoms with Gasteiger partial charge in [0.1, 0.15) is 0 Å².